The molecular formula is C13H18O3. The van der Waals surface area contributed by atoms with Gasteiger partial charge >= 0.3 is 0 Å². The van der Waals surface area contributed by atoms with Crippen LogP contribution in [-0.4, -0.2) is 25.4 Å². The molecule has 2 rings (SSSR count). The van der Waals surface area contributed by atoms with E-state index in [0.717, 1.165) is 29.9 Å². The summed E-state index contributed by atoms with van der Waals surface area (Å²) in [6, 6.07) is 5.89. The highest BCUT2D eigenvalue weighted by Gasteiger charge is 2.48. The van der Waals surface area contributed by atoms with Crippen molar-refractivity contribution in [3.63, 3.8) is 0 Å². The highest BCUT2D eigenvalue weighted by atomic mass is 16.5. The van der Waals surface area contributed by atoms with Gasteiger partial charge in [-0.25, -0.2) is 0 Å². The predicted octanol–water partition coefficient (Wildman–Crippen LogP) is 2.12. The van der Waals surface area contributed by atoms with E-state index in [1.807, 2.05) is 25.1 Å². The minimum absolute atomic E-state index is 0.0560. The molecule has 1 aromatic carbocycles. The van der Waals surface area contributed by atoms with Gasteiger partial charge in [-0.1, -0.05) is 6.07 Å². The molecule has 1 aromatic rings. The number of aliphatic hydroxyl groups excluding tert-OH is 1. The van der Waals surface area contributed by atoms with Gasteiger partial charge in [0.25, 0.3) is 0 Å². The number of hydrogen-bond donors (Lipinski definition) is 1. The minimum atomic E-state index is -0.314. The molecule has 0 bridgehead atoms. The summed E-state index contributed by atoms with van der Waals surface area (Å²) < 4.78 is 10.5. The standard InChI is InChI=1S/C13H18O3/c1-9(14)13(6-7-13)10-4-5-11(15-2)12(8-10)16-3/h4-5,8-9,14H,6-7H2,1-3H3/t9-/m0/s1. The fraction of sp³-hybridized carbons (Fsp3) is 0.538. The van der Waals surface area contributed by atoms with Crippen molar-refractivity contribution in [1.29, 1.82) is 0 Å². The van der Waals surface area contributed by atoms with Crippen molar-refractivity contribution < 1.29 is 14.6 Å². The van der Waals surface area contributed by atoms with E-state index in [0.29, 0.717) is 0 Å². The average molecular weight is 222 g/mol. The van der Waals surface area contributed by atoms with E-state index >= 15 is 0 Å². The Hall–Kier alpha value is -1.22. The van der Waals surface area contributed by atoms with Crippen LogP contribution in [0.25, 0.3) is 0 Å². The van der Waals surface area contributed by atoms with Crippen molar-refractivity contribution in [3.8, 4) is 11.5 Å². The van der Waals surface area contributed by atoms with E-state index in [-0.39, 0.29) is 11.5 Å². The van der Waals surface area contributed by atoms with Crippen LogP contribution in [0.4, 0.5) is 0 Å². The quantitative estimate of drug-likeness (QED) is 0.848. The first-order valence-corrected chi connectivity index (χ1v) is 5.54. The van der Waals surface area contributed by atoms with Crippen LogP contribution in [0.3, 0.4) is 0 Å². The van der Waals surface area contributed by atoms with Gasteiger partial charge in [-0.2, -0.15) is 0 Å². The van der Waals surface area contributed by atoms with Gasteiger partial charge in [0.1, 0.15) is 0 Å². The molecule has 0 heterocycles. The molecule has 1 saturated carbocycles. The highest BCUT2D eigenvalue weighted by Crippen LogP contribution is 2.52. The van der Waals surface area contributed by atoms with Crippen LogP contribution in [0.2, 0.25) is 0 Å². The Balaban J connectivity index is 2.37. The Labute approximate surface area is 96.0 Å². The smallest absolute Gasteiger partial charge is 0.161 e. The van der Waals surface area contributed by atoms with Crippen molar-refractivity contribution in [3.05, 3.63) is 23.8 Å². The number of ether oxygens (including phenoxy) is 2. The fourth-order valence-corrected chi connectivity index (χ4v) is 2.23. The number of aliphatic hydroxyl groups is 1. The maximum atomic E-state index is 9.81. The molecular weight excluding hydrogens is 204 g/mol. The van der Waals surface area contributed by atoms with Crippen LogP contribution in [0.1, 0.15) is 25.3 Å². The van der Waals surface area contributed by atoms with Crippen LogP contribution in [-0.2, 0) is 5.41 Å². The van der Waals surface area contributed by atoms with Gasteiger partial charge in [-0.3, -0.25) is 0 Å². The first-order valence-electron chi connectivity index (χ1n) is 5.54. The van der Waals surface area contributed by atoms with E-state index in [2.05, 4.69) is 0 Å². The third kappa shape index (κ3) is 1.65. The summed E-state index contributed by atoms with van der Waals surface area (Å²) in [5.41, 5.74) is 1.08. The minimum Gasteiger partial charge on any atom is -0.493 e. The van der Waals surface area contributed by atoms with E-state index in [9.17, 15) is 5.11 Å². The lowest BCUT2D eigenvalue weighted by Gasteiger charge is -2.20. The molecule has 1 fully saturated rings. The summed E-state index contributed by atoms with van der Waals surface area (Å²) in [4.78, 5) is 0. The summed E-state index contributed by atoms with van der Waals surface area (Å²) in [7, 11) is 3.25. The zero-order valence-electron chi connectivity index (χ0n) is 9.99. The molecule has 0 radical (unpaired) electrons. The zero-order valence-corrected chi connectivity index (χ0v) is 9.99. The monoisotopic (exact) mass is 222 g/mol. The molecule has 88 valence electrons. The number of benzene rings is 1. The van der Waals surface area contributed by atoms with Crippen LogP contribution < -0.4 is 9.47 Å². The van der Waals surface area contributed by atoms with Gasteiger partial charge in [-0.15, -0.1) is 0 Å². The largest absolute Gasteiger partial charge is 0.493 e. The van der Waals surface area contributed by atoms with Crippen LogP contribution >= 0.6 is 0 Å². The first-order chi connectivity index (χ1) is 7.64. The molecule has 0 aromatic heterocycles. The Morgan fingerprint density at radius 2 is 1.81 bits per heavy atom. The van der Waals surface area contributed by atoms with E-state index in [1.54, 1.807) is 14.2 Å². The second-order valence-corrected chi connectivity index (χ2v) is 4.40. The highest BCUT2D eigenvalue weighted by molar-refractivity contribution is 5.47. The lowest BCUT2D eigenvalue weighted by atomic mass is 9.90. The lowest BCUT2D eigenvalue weighted by Crippen LogP contribution is -2.22. The SMILES string of the molecule is COc1ccc(C2([C@H](C)O)CC2)cc1OC. The second kappa shape index (κ2) is 3.98. The Bertz CT molecular complexity index is 381. The number of methoxy groups -OCH3 is 2. The van der Waals surface area contributed by atoms with Crippen LogP contribution in [0, 0.1) is 0 Å². The second-order valence-electron chi connectivity index (χ2n) is 4.40. The van der Waals surface area contributed by atoms with Gasteiger partial charge in [0, 0.05) is 5.41 Å². The third-order valence-corrected chi connectivity index (χ3v) is 3.55. The fourth-order valence-electron chi connectivity index (χ4n) is 2.23. The summed E-state index contributed by atoms with van der Waals surface area (Å²) in [5, 5.41) is 9.81. The van der Waals surface area contributed by atoms with Gasteiger partial charge < -0.3 is 14.6 Å². The maximum absolute atomic E-state index is 9.81. The molecule has 0 unspecified atom stereocenters. The van der Waals surface area contributed by atoms with Crippen LogP contribution in [0.5, 0.6) is 11.5 Å². The van der Waals surface area contributed by atoms with Crippen molar-refractivity contribution in [2.75, 3.05) is 14.2 Å². The van der Waals surface area contributed by atoms with Crippen molar-refractivity contribution >= 4 is 0 Å². The summed E-state index contributed by atoms with van der Waals surface area (Å²) in [6.45, 7) is 1.85. The molecule has 0 saturated heterocycles. The van der Waals surface area contributed by atoms with Gasteiger partial charge in [-0.05, 0) is 37.5 Å². The molecule has 1 N–H and O–H groups in total. The van der Waals surface area contributed by atoms with Crippen molar-refractivity contribution in [1.82, 2.24) is 0 Å². The average Bonchev–Trinajstić information content (AvgIpc) is 3.09. The maximum Gasteiger partial charge on any atom is 0.161 e. The van der Waals surface area contributed by atoms with Crippen molar-refractivity contribution in [2.45, 2.75) is 31.3 Å². The molecule has 0 amide bonds. The Morgan fingerprint density at radius 3 is 2.25 bits per heavy atom. The van der Waals surface area contributed by atoms with Gasteiger partial charge in [0.2, 0.25) is 0 Å². The summed E-state index contributed by atoms with van der Waals surface area (Å²) in [6.07, 6.45) is 1.77. The molecule has 1 aliphatic rings. The molecule has 3 nitrogen and oxygen atoms in total. The van der Waals surface area contributed by atoms with Crippen LogP contribution in [0.15, 0.2) is 18.2 Å². The zero-order chi connectivity index (χ0) is 11.8. The number of hydrogen-bond acceptors (Lipinski definition) is 3. The molecule has 1 aliphatic carbocycles. The van der Waals surface area contributed by atoms with Gasteiger partial charge in [0.05, 0.1) is 20.3 Å². The van der Waals surface area contributed by atoms with E-state index in [4.69, 9.17) is 9.47 Å². The Kier molecular flexibility index (Phi) is 2.80. The molecule has 16 heavy (non-hydrogen) atoms. The summed E-state index contributed by atoms with van der Waals surface area (Å²) >= 11 is 0. The predicted molar refractivity (Wildman–Crippen MR) is 62.1 cm³/mol. The normalized spacial score (nSPS) is 19.0. The lowest BCUT2D eigenvalue weighted by molar-refractivity contribution is 0.150. The van der Waals surface area contributed by atoms with E-state index < -0.39 is 0 Å². The van der Waals surface area contributed by atoms with Crippen molar-refractivity contribution in [2.24, 2.45) is 0 Å². The van der Waals surface area contributed by atoms with E-state index in [1.165, 1.54) is 0 Å². The molecule has 1 atom stereocenters. The summed E-state index contributed by atoms with van der Waals surface area (Å²) in [5.74, 6) is 1.46. The van der Waals surface area contributed by atoms with Gasteiger partial charge in [0.15, 0.2) is 11.5 Å². The first kappa shape index (κ1) is 11.3. The molecule has 3 heteroatoms. The molecule has 0 aliphatic heterocycles. The molecule has 0 spiro atoms. The Morgan fingerprint density at radius 1 is 1.19 bits per heavy atom. The third-order valence-electron chi connectivity index (χ3n) is 3.55. The topological polar surface area (TPSA) is 38.7 Å². The number of rotatable bonds is 4.